The number of hydrogen-bond acceptors (Lipinski definition) is 6. The van der Waals surface area contributed by atoms with Gasteiger partial charge in [-0.2, -0.15) is 0 Å². The predicted molar refractivity (Wildman–Crippen MR) is 119 cm³/mol. The molecular formula is C24H32N2O5. The summed E-state index contributed by atoms with van der Waals surface area (Å²) in [6, 6.07) is 7.68. The van der Waals surface area contributed by atoms with Gasteiger partial charge in [-0.3, -0.25) is 14.6 Å². The Morgan fingerprint density at radius 2 is 1.90 bits per heavy atom. The number of ether oxygens (including phenoxy) is 2. The van der Waals surface area contributed by atoms with E-state index in [2.05, 4.69) is 10.3 Å². The number of nitrogens with one attached hydrogen (secondary N) is 1. The fourth-order valence-electron chi connectivity index (χ4n) is 3.03. The number of aryl methyl sites for hydroxylation is 2. The fraction of sp³-hybridized carbons (Fsp3) is 0.458. The van der Waals surface area contributed by atoms with E-state index < -0.39 is 17.7 Å². The molecule has 0 spiro atoms. The van der Waals surface area contributed by atoms with Gasteiger partial charge in [0.2, 0.25) is 5.91 Å². The second kappa shape index (κ2) is 10.9. The van der Waals surface area contributed by atoms with Crippen molar-refractivity contribution in [3.8, 4) is 5.75 Å². The minimum Gasteiger partial charge on any atom is -0.496 e. The standard InChI is InChI=1S/C24H32N2O5/c1-16-6-7-17(12-21(16)30-5)8-9-20(27)18-13-19(15-25-14-18)26-22(28)10-11-23(29)31-24(2,3)4/h6-7,12-15,20,27H,8-11H2,1-5H3,(H,26,28)/t20-/m1/s1. The zero-order chi connectivity index (χ0) is 23.0. The van der Waals surface area contributed by atoms with Crippen LogP contribution in [0.4, 0.5) is 5.69 Å². The summed E-state index contributed by atoms with van der Waals surface area (Å²) in [7, 11) is 1.64. The van der Waals surface area contributed by atoms with Crippen LogP contribution in [-0.4, -0.2) is 34.7 Å². The Labute approximate surface area is 183 Å². The number of nitrogens with zero attached hydrogens (tertiary/aromatic N) is 1. The van der Waals surface area contributed by atoms with Crippen molar-refractivity contribution in [2.45, 2.75) is 65.1 Å². The first-order valence-corrected chi connectivity index (χ1v) is 10.4. The highest BCUT2D eigenvalue weighted by molar-refractivity contribution is 5.92. The summed E-state index contributed by atoms with van der Waals surface area (Å²) in [6.07, 6.45) is 3.55. The van der Waals surface area contributed by atoms with Gasteiger partial charge in [-0.25, -0.2) is 0 Å². The summed E-state index contributed by atoms with van der Waals surface area (Å²) < 4.78 is 10.5. The number of anilines is 1. The highest BCUT2D eigenvalue weighted by Gasteiger charge is 2.17. The Bertz CT molecular complexity index is 905. The fourth-order valence-corrected chi connectivity index (χ4v) is 3.03. The SMILES string of the molecule is COc1cc(CC[C@@H](O)c2cncc(NC(=O)CCC(=O)OC(C)(C)C)c2)ccc1C. The third kappa shape index (κ3) is 8.38. The first kappa shape index (κ1) is 24.3. The number of hydrogen-bond donors (Lipinski definition) is 2. The van der Waals surface area contributed by atoms with E-state index in [-0.39, 0.29) is 18.7 Å². The van der Waals surface area contributed by atoms with Gasteiger partial charge >= 0.3 is 5.97 Å². The molecule has 1 amide bonds. The number of methoxy groups -OCH3 is 1. The van der Waals surface area contributed by atoms with Gasteiger partial charge < -0.3 is 19.9 Å². The van der Waals surface area contributed by atoms with Crippen LogP contribution >= 0.6 is 0 Å². The van der Waals surface area contributed by atoms with E-state index in [0.717, 1.165) is 16.9 Å². The summed E-state index contributed by atoms with van der Waals surface area (Å²) in [4.78, 5) is 28.0. The lowest BCUT2D eigenvalue weighted by molar-refractivity contribution is -0.155. The molecule has 0 aliphatic heterocycles. The van der Waals surface area contributed by atoms with Gasteiger partial charge in [0.1, 0.15) is 11.4 Å². The second-order valence-corrected chi connectivity index (χ2v) is 8.50. The van der Waals surface area contributed by atoms with Crippen molar-refractivity contribution in [2.75, 3.05) is 12.4 Å². The van der Waals surface area contributed by atoms with Crippen LogP contribution in [0, 0.1) is 6.92 Å². The molecule has 0 radical (unpaired) electrons. The van der Waals surface area contributed by atoms with Crippen LogP contribution < -0.4 is 10.1 Å². The van der Waals surface area contributed by atoms with Crippen molar-refractivity contribution in [2.24, 2.45) is 0 Å². The van der Waals surface area contributed by atoms with Gasteiger partial charge in [-0.05, 0) is 63.8 Å². The third-order valence-electron chi connectivity index (χ3n) is 4.58. The smallest absolute Gasteiger partial charge is 0.306 e. The van der Waals surface area contributed by atoms with Crippen molar-refractivity contribution in [1.29, 1.82) is 0 Å². The topological polar surface area (TPSA) is 97.8 Å². The highest BCUT2D eigenvalue weighted by atomic mass is 16.6. The molecule has 1 atom stereocenters. The molecule has 2 N–H and O–H groups in total. The summed E-state index contributed by atoms with van der Waals surface area (Å²) in [5, 5.41) is 13.3. The molecule has 1 aromatic heterocycles. The average Bonchev–Trinajstić information content (AvgIpc) is 2.70. The van der Waals surface area contributed by atoms with Crippen LogP contribution in [0.2, 0.25) is 0 Å². The number of aliphatic hydroxyl groups is 1. The van der Waals surface area contributed by atoms with Gasteiger partial charge in [0.25, 0.3) is 0 Å². The van der Waals surface area contributed by atoms with Crippen LogP contribution in [0.15, 0.2) is 36.7 Å². The zero-order valence-electron chi connectivity index (χ0n) is 18.9. The van der Waals surface area contributed by atoms with E-state index in [4.69, 9.17) is 9.47 Å². The molecule has 31 heavy (non-hydrogen) atoms. The zero-order valence-corrected chi connectivity index (χ0v) is 18.9. The molecule has 0 saturated heterocycles. The van der Waals surface area contributed by atoms with E-state index in [1.165, 1.54) is 6.20 Å². The number of amides is 1. The first-order valence-electron chi connectivity index (χ1n) is 10.4. The molecule has 0 aliphatic rings. The number of pyridine rings is 1. The average molecular weight is 429 g/mol. The minimum absolute atomic E-state index is 0.00113. The minimum atomic E-state index is -0.724. The lowest BCUT2D eigenvalue weighted by atomic mass is 10.0. The monoisotopic (exact) mass is 428 g/mol. The van der Waals surface area contributed by atoms with Crippen LogP contribution in [0.3, 0.4) is 0 Å². The summed E-state index contributed by atoms with van der Waals surface area (Å²) >= 11 is 0. The number of carbonyl (C=O) groups excluding carboxylic acids is 2. The molecule has 0 unspecified atom stereocenters. The third-order valence-corrected chi connectivity index (χ3v) is 4.58. The Hall–Kier alpha value is -2.93. The van der Waals surface area contributed by atoms with Gasteiger partial charge in [0.15, 0.2) is 0 Å². The van der Waals surface area contributed by atoms with E-state index >= 15 is 0 Å². The Kier molecular flexibility index (Phi) is 8.56. The molecule has 168 valence electrons. The number of rotatable bonds is 9. The van der Waals surface area contributed by atoms with E-state index in [9.17, 15) is 14.7 Å². The lowest BCUT2D eigenvalue weighted by Crippen LogP contribution is -2.24. The largest absolute Gasteiger partial charge is 0.496 e. The number of aromatic nitrogens is 1. The number of carbonyl (C=O) groups is 2. The van der Waals surface area contributed by atoms with E-state index in [0.29, 0.717) is 24.1 Å². The highest BCUT2D eigenvalue weighted by Crippen LogP contribution is 2.24. The van der Waals surface area contributed by atoms with Crippen LogP contribution in [0.1, 0.15) is 62.8 Å². The molecule has 7 nitrogen and oxygen atoms in total. The molecule has 2 aromatic rings. The molecule has 1 aromatic carbocycles. The number of esters is 1. The molecule has 0 fully saturated rings. The quantitative estimate of drug-likeness (QED) is 0.583. The maximum Gasteiger partial charge on any atom is 0.306 e. The van der Waals surface area contributed by atoms with Crippen molar-refractivity contribution >= 4 is 17.6 Å². The molecule has 7 heteroatoms. The predicted octanol–water partition coefficient (Wildman–Crippen LogP) is 4.13. The van der Waals surface area contributed by atoms with Gasteiger partial charge in [-0.1, -0.05) is 12.1 Å². The van der Waals surface area contributed by atoms with Crippen molar-refractivity contribution in [3.05, 3.63) is 53.3 Å². The molecule has 0 bridgehead atoms. The van der Waals surface area contributed by atoms with Crippen molar-refractivity contribution in [3.63, 3.8) is 0 Å². The Morgan fingerprint density at radius 3 is 2.58 bits per heavy atom. The first-order chi connectivity index (χ1) is 14.6. The molecule has 0 aliphatic carbocycles. The molecule has 1 heterocycles. The summed E-state index contributed by atoms with van der Waals surface area (Å²) in [5.41, 5.74) is 2.64. The number of aliphatic hydroxyl groups excluding tert-OH is 1. The van der Waals surface area contributed by atoms with E-state index in [1.54, 1.807) is 40.1 Å². The second-order valence-electron chi connectivity index (χ2n) is 8.50. The van der Waals surface area contributed by atoms with Gasteiger partial charge in [-0.15, -0.1) is 0 Å². The molecule has 2 rings (SSSR count). The Morgan fingerprint density at radius 1 is 1.16 bits per heavy atom. The van der Waals surface area contributed by atoms with Crippen LogP contribution in [0.5, 0.6) is 5.75 Å². The van der Waals surface area contributed by atoms with Crippen LogP contribution in [-0.2, 0) is 20.7 Å². The molecule has 0 saturated carbocycles. The van der Waals surface area contributed by atoms with Gasteiger partial charge in [0, 0.05) is 18.2 Å². The van der Waals surface area contributed by atoms with Crippen molar-refractivity contribution in [1.82, 2.24) is 4.98 Å². The summed E-state index contributed by atoms with van der Waals surface area (Å²) in [6.45, 7) is 7.32. The van der Waals surface area contributed by atoms with Crippen LogP contribution in [0.25, 0.3) is 0 Å². The van der Waals surface area contributed by atoms with Gasteiger partial charge in [0.05, 0.1) is 31.5 Å². The maximum absolute atomic E-state index is 12.1. The normalized spacial score (nSPS) is 12.2. The Balaban J connectivity index is 1.89. The molecular weight excluding hydrogens is 396 g/mol. The van der Waals surface area contributed by atoms with E-state index in [1.807, 2.05) is 25.1 Å². The summed E-state index contributed by atoms with van der Waals surface area (Å²) in [5.74, 6) is 0.0912. The lowest BCUT2D eigenvalue weighted by Gasteiger charge is -2.19. The van der Waals surface area contributed by atoms with Crippen molar-refractivity contribution < 1.29 is 24.2 Å². The number of benzene rings is 1. The maximum atomic E-state index is 12.1.